The number of aryl methyl sites for hydroxylation is 1. The smallest absolute Gasteiger partial charge is 0.302 e. The average Bonchev–Trinajstić information content (AvgIpc) is 2.78. The molecule has 1 amide bonds. The number of carbonyl (C=O) groups is 1. The van der Waals surface area contributed by atoms with Crippen LogP contribution in [-0.4, -0.2) is 36.1 Å². The molecule has 9 nitrogen and oxygen atoms in total. The van der Waals surface area contributed by atoms with Gasteiger partial charge in [-0.25, -0.2) is 9.37 Å². The summed E-state index contributed by atoms with van der Waals surface area (Å²) < 4.78 is 44.3. The van der Waals surface area contributed by atoms with Crippen molar-refractivity contribution in [2.24, 2.45) is 16.5 Å². The molecule has 1 aromatic carbocycles. The van der Waals surface area contributed by atoms with Crippen LogP contribution >= 0.6 is 0 Å². The molecular weight excluding hydrogens is 343 g/mol. The van der Waals surface area contributed by atoms with Crippen molar-refractivity contribution in [3.05, 3.63) is 41.5 Å². The van der Waals surface area contributed by atoms with E-state index >= 15 is 0 Å². The van der Waals surface area contributed by atoms with Gasteiger partial charge < -0.3 is 15.9 Å². The number of guanidine groups is 1. The SMILES string of the molecule is CS(=O)(=O)O.Cc1oc(-c2cccc(F)c2)nc1C(=O)N=C(N)N. The van der Waals surface area contributed by atoms with Gasteiger partial charge in [0, 0.05) is 5.56 Å². The van der Waals surface area contributed by atoms with Crippen LogP contribution in [0.3, 0.4) is 0 Å². The van der Waals surface area contributed by atoms with Crippen LogP contribution < -0.4 is 11.5 Å². The van der Waals surface area contributed by atoms with E-state index in [0.29, 0.717) is 11.8 Å². The van der Waals surface area contributed by atoms with Crippen molar-refractivity contribution in [1.29, 1.82) is 0 Å². The molecule has 2 aromatic rings. The number of benzene rings is 1. The Hall–Kier alpha value is -2.79. The number of nitrogens with two attached hydrogens (primary N) is 2. The number of amides is 1. The van der Waals surface area contributed by atoms with Crippen molar-refractivity contribution in [2.75, 3.05) is 6.26 Å². The molecule has 0 radical (unpaired) electrons. The van der Waals surface area contributed by atoms with E-state index in [1.165, 1.54) is 18.2 Å². The van der Waals surface area contributed by atoms with E-state index in [4.69, 9.17) is 20.4 Å². The van der Waals surface area contributed by atoms with Crippen molar-refractivity contribution < 1.29 is 26.6 Å². The first-order chi connectivity index (χ1) is 11.0. The van der Waals surface area contributed by atoms with Crippen LogP contribution in [0.25, 0.3) is 11.5 Å². The predicted octanol–water partition coefficient (Wildman–Crippen LogP) is 0.707. The van der Waals surface area contributed by atoms with Gasteiger partial charge in [0.15, 0.2) is 11.7 Å². The highest BCUT2D eigenvalue weighted by Crippen LogP contribution is 2.22. The third-order valence-corrected chi connectivity index (χ3v) is 2.30. The second-order valence-corrected chi connectivity index (χ2v) is 5.98. The lowest BCUT2D eigenvalue weighted by molar-refractivity contribution is 0.0997. The summed E-state index contributed by atoms with van der Waals surface area (Å²) in [6, 6.07) is 5.68. The van der Waals surface area contributed by atoms with Crippen LogP contribution in [-0.2, 0) is 10.1 Å². The van der Waals surface area contributed by atoms with E-state index in [1.54, 1.807) is 13.0 Å². The number of carbonyl (C=O) groups excluding carboxylic acids is 1. The maximum atomic E-state index is 13.1. The van der Waals surface area contributed by atoms with E-state index in [9.17, 15) is 17.6 Å². The molecule has 130 valence electrons. The third kappa shape index (κ3) is 6.54. The minimum absolute atomic E-state index is 0.00680. The Bertz CT molecular complexity index is 864. The number of hydrogen-bond donors (Lipinski definition) is 3. The minimum Gasteiger partial charge on any atom is -0.441 e. The molecule has 1 heterocycles. The zero-order valence-electron chi connectivity index (χ0n) is 12.7. The highest BCUT2D eigenvalue weighted by Gasteiger charge is 2.18. The maximum Gasteiger partial charge on any atom is 0.302 e. The number of nitrogens with zero attached hydrogens (tertiary/aromatic N) is 2. The molecule has 0 aliphatic carbocycles. The van der Waals surface area contributed by atoms with Gasteiger partial charge in [-0.1, -0.05) is 6.07 Å². The second-order valence-electron chi connectivity index (χ2n) is 4.51. The lowest BCUT2D eigenvalue weighted by Gasteiger charge is -1.94. The lowest BCUT2D eigenvalue weighted by atomic mass is 10.2. The van der Waals surface area contributed by atoms with Gasteiger partial charge in [-0.2, -0.15) is 13.4 Å². The summed E-state index contributed by atoms with van der Waals surface area (Å²) >= 11 is 0. The molecule has 0 spiro atoms. The van der Waals surface area contributed by atoms with Gasteiger partial charge in [-0.3, -0.25) is 9.35 Å². The normalized spacial score (nSPS) is 10.5. The van der Waals surface area contributed by atoms with Crippen molar-refractivity contribution >= 4 is 22.0 Å². The molecule has 0 bridgehead atoms. The summed E-state index contributed by atoms with van der Waals surface area (Å²) in [6.45, 7) is 1.55. The molecule has 0 unspecified atom stereocenters. The van der Waals surface area contributed by atoms with Gasteiger partial charge in [0.05, 0.1) is 6.26 Å². The fourth-order valence-corrected chi connectivity index (χ4v) is 1.51. The summed E-state index contributed by atoms with van der Waals surface area (Å²) in [5.74, 6) is -1.10. The third-order valence-electron chi connectivity index (χ3n) is 2.30. The van der Waals surface area contributed by atoms with E-state index in [0.717, 1.165) is 0 Å². The van der Waals surface area contributed by atoms with Gasteiger partial charge in [0.2, 0.25) is 5.89 Å². The molecule has 1 aromatic heterocycles. The van der Waals surface area contributed by atoms with Crippen LogP contribution in [0.15, 0.2) is 33.7 Å². The largest absolute Gasteiger partial charge is 0.441 e. The van der Waals surface area contributed by atoms with Gasteiger partial charge >= 0.3 is 5.91 Å². The predicted molar refractivity (Wildman–Crippen MR) is 84.2 cm³/mol. The van der Waals surface area contributed by atoms with Crippen molar-refractivity contribution in [3.63, 3.8) is 0 Å². The first-order valence-electron chi connectivity index (χ1n) is 6.27. The molecule has 2 rings (SSSR count). The highest BCUT2D eigenvalue weighted by molar-refractivity contribution is 7.85. The van der Waals surface area contributed by atoms with E-state index < -0.39 is 21.8 Å². The number of rotatable bonds is 2. The first kappa shape index (κ1) is 19.3. The number of aromatic nitrogens is 1. The van der Waals surface area contributed by atoms with E-state index in [1.807, 2.05) is 0 Å². The molecule has 0 fully saturated rings. The molecule has 0 aliphatic heterocycles. The van der Waals surface area contributed by atoms with Crippen LogP contribution in [0, 0.1) is 12.7 Å². The summed E-state index contributed by atoms with van der Waals surface area (Å²) in [5.41, 5.74) is 10.7. The van der Waals surface area contributed by atoms with Gasteiger partial charge in [0.25, 0.3) is 10.1 Å². The molecule has 11 heteroatoms. The molecule has 0 saturated carbocycles. The number of halogens is 1. The fraction of sp³-hybridized carbons (Fsp3) is 0.154. The van der Waals surface area contributed by atoms with E-state index in [-0.39, 0.29) is 23.3 Å². The Morgan fingerprint density at radius 1 is 1.38 bits per heavy atom. The molecular formula is C13H15FN4O5S. The summed E-state index contributed by atoms with van der Waals surface area (Å²) in [7, 11) is -3.67. The van der Waals surface area contributed by atoms with E-state index in [2.05, 4.69) is 9.98 Å². The second kappa shape index (κ2) is 7.66. The fourth-order valence-electron chi connectivity index (χ4n) is 1.51. The van der Waals surface area contributed by atoms with Gasteiger partial charge in [-0.05, 0) is 25.1 Å². The van der Waals surface area contributed by atoms with Crippen molar-refractivity contribution in [3.8, 4) is 11.5 Å². The molecule has 0 saturated heterocycles. The Morgan fingerprint density at radius 2 is 1.96 bits per heavy atom. The minimum atomic E-state index is -3.67. The zero-order chi connectivity index (χ0) is 18.5. The lowest BCUT2D eigenvalue weighted by Crippen LogP contribution is -2.24. The highest BCUT2D eigenvalue weighted by atomic mass is 32.2. The topological polar surface area (TPSA) is 162 Å². The Morgan fingerprint density at radius 3 is 2.46 bits per heavy atom. The van der Waals surface area contributed by atoms with Crippen LogP contribution in [0.5, 0.6) is 0 Å². The maximum absolute atomic E-state index is 13.1. The standard InChI is InChI=1S/C12H11FN4O2.CH4O3S/c1-6-9(10(18)17-12(14)15)16-11(19-6)7-3-2-4-8(13)5-7;1-5(2,3)4/h2-5H,1H3,(H4,14,15,17,18);1H3,(H,2,3,4). The summed E-state index contributed by atoms with van der Waals surface area (Å²) in [5, 5.41) is 0. The Balaban J connectivity index is 0.000000505. The summed E-state index contributed by atoms with van der Waals surface area (Å²) in [6.07, 6.45) is 0.715. The molecule has 0 aliphatic rings. The number of oxazole rings is 1. The van der Waals surface area contributed by atoms with Gasteiger partial charge in [0.1, 0.15) is 11.6 Å². The first-order valence-corrected chi connectivity index (χ1v) is 8.12. The van der Waals surface area contributed by atoms with Crippen molar-refractivity contribution in [2.45, 2.75) is 6.92 Å². The van der Waals surface area contributed by atoms with Gasteiger partial charge in [-0.15, -0.1) is 0 Å². The van der Waals surface area contributed by atoms with Crippen LogP contribution in [0.4, 0.5) is 4.39 Å². The summed E-state index contributed by atoms with van der Waals surface area (Å²) in [4.78, 5) is 19.0. The molecule has 0 atom stereocenters. The quantitative estimate of drug-likeness (QED) is 0.401. The van der Waals surface area contributed by atoms with Crippen LogP contribution in [0.1, 0.15) is 16.2 Å². The Labute approximate surface area is 136 Å². The van der Waals surface area contributed by atoms with Crippen molar-refractivity contribution in [1.82, 2.24) is 4.98 Å². The Kier molecular flexibility index (Phi) is 6.14. The average molecular weight is 358 g/mol. The molecule has 24 heavy (non-hydrogen) atoms. The molecule has 5 N–H and O–H groups in total. The number of aliphatic imine (C=N–C) groups is 1. The monoisotopic (exact) mass is 358 g/mol. The van der Waals surface area contributed by atoms with Crippen LogP contribution in [0.2, 0.25) is 0 Å². The number of hydrogen-bond acceptors (Lipinski definition) is 5. The zero-order valence-corrected chi connectivity index (χ0v) is 13.5.